The standard InChI is InChI=1S/C15H18N2OS/c18-8-9-19-15(14-10-16-11-17-14)7-3-5-12-4-1-2-6-13(12)15/h1-2,4,6,10-11,18H,3,5,7-9H2,(H,16,17). The maximum absolute atomic E-state index is 9.21. The van der Waals surface area contributed by atoms with Crippen LogP contribution in [0.15, 0.2) is 36.8 Å². The summed E-state index contributed by atoms with van der Waals surface area (Å²) in [6.45, 7) is 0.211. The molecule has 0 radical (unpaired) electrons. The number of aliphatic hydroxyl groups is 1. The van der Waals surface area contributed by atoms with E-state index in [1.807, 2.05) is 18.0 Å². The van der Waals surface area contributed by atoms with E-state index in [0.29, 0.717) is 0 Å². The Hall–Kier alpha value is -1.26. The van der Waals surface area contributed by atoms with E-state index in [-0.39, 0.29) is 11.4 Å². The fraction of sp³-hybridized carbons (Fsp3) is 0.400. The van der Waals surface area contributed by atoms with Crippen molar-refractivity contribution in [1.29, 1.82) is 0 Å². The van der Waals surface area contributed by atoms with Crippen LogP contribution in [0, 0.1) is 0 Å². The highest BCUT2D eigenvalue weighted by Crippen LogP contribution is 2.49. The van der Waals surface area contributed by atoms with Gasteiger partial charge in [0.15, 0.2) is 0 Å². The number of aromatic amines is 1. The van der Waals surface area contributed by atoms with Crippen LogP contribution in [-0.4, -0.2) is 27.4 Å². The number of aliphatic hydroxyl groups excluding tert-OH is 1. The van der Waals surface area contributed by atoms with Gasteiger partial charge in [0, 0.05) is 11.9 Å². The summed E-state index contributed by atoms with van der Waals surface area (Å²) in [6, 6.07) is 8.66. The van der Waals surface area contributed by atoms with Gasteiger partial charge in [0.25, 0.3) is 0 Å². The molecule has 1 heterocycles. The van der Waals surface area contributed by atoms with Gasteiger partial charge in [0.1, 0.15) is 0 Å². The first-order valence-corrected chi connectivity index (χ1v) is 7.67. The van der Waals surface area contributed by atoms with Crippen molar-refractivity contribution < 1.29 is 5.11 Å². The summed E-state index contributed by atoms with van der Waals surface area (Å²) in [7, 11) is 0. The Balaban J connectivity index is 2.10. The van der Waals surface area contributed by atoms with Gasteiger partial charge < -0.3 is 10.1 Å². The Kier molecular flexibility index (Phi) is 3.62. The lowest BCUT2D eigenvalue weighted by Crippen LogP contribution is -2.30. The topological polar surface area (TPSA) is 48.9 Å². The Bertz CT molecular complexity index is 541. The van der Waals surface area contributed by atoms with Crippen molar-refractivity contribution in [2.45, 2.75) is 24.0 Å². The Labute approximate surface area is 117 Å². The number of fused-ring (bicyclic) bond motifs is 1. The van der Waals surface area contributed by atoms with Gasteiger partial charge in [-0.25, -0.2) is 4.98 Å². The predicted molar refractivity (Wildman–Crippen MR) is 78.3 cm³/mol. The minimum Gasteiger partial charge on any atom is -0.396 e. The highest BCUT2D eigenvalue weighted by Gasteiger charge is 2.39. The quantitative estimate of drug-likeness (QED) is 0.901. The lowest BCUT2D eigenvalue weighted by molar-refractivity contribution is 0.322. The van der Waals surface area contributed by atoms with Crippen LogP contribution < -0.4 is 0 Å². The van der Waals surface area contributed by atoms with E-state index in [2.05, 4.69) is 34.2 Å². The molecule has 1 aromatic carbocycles. The largest absolute Gasteiger partial charge is 0.396 e. The van der Waals surface area contributed by atoms with Gasteiger partial charge in [0.05, 0.1) is 23.4 Å². The summed E-state index contributed by atoms with van der Waals surface area (Å²) in [5.41, 5.74) is 3.95. The number of rotatable bonds is 4. The first-order valence-electron chi connectivity index (χ1n) is 6.69. The van der Waals surface area contributed by atoms with E-state index < -0.39 is 0 Å². The average molecular weight is 274 g/mol. The molecule has 0 spiro atoms. The van der Waals surface area contributed by atoms with Crippen molar-refractivity contribution in [3.05, 3.63) is 53.6 Å². The molecule has 4 heteroatoms. The van der Waals surface area contributed by atoms with Gasteiger partial charge in [-0.1, -0.05) is 24.3 Å². The third-order valence-electron chi connectivity index (χ3n) is 3.80. The number of thioether (sulfide) groups is 1. The van der Waals surface area contributed by atoms with Crippen molar-refractivity contribution in [3.8, 4) is 0 Å². The number of aromatic nitrogens is 2. The molecule has 0 amide bonds. The zero-order valence-electron chi connectivity index (χ0n) is 10.8. The summed E-state index contributed by atoms with van der Waals surface area (Å²) in [6.07, 6.45) is 7.08. The molecular weight excluding hydrogens is 256 g/mol. The maximum Gasteiger partial charge on any atom is 0.0922 e. The third-order valence-corrected chi connectivity index (χ3v) is 5.32. The second-order valence-electron chi connectivity index (χ2n) is 4.88. The number of nitrogens with zero attached hydrogens (tertiary/aromatic N) is 1. The maximum atomic E-state index is 9.21. The zero-order chi connectivity index (χ0) is 13.1. The molecule has 2 aromatic rings. The molecule has 0 saturated carbocycles. The van der Waals surface area contributed by atoms with Crippen molar-refractivity contribution in [2.75, 3.05) is 12.4 Å². The first kappa shape index (κ1) is 12.8. The monoisotopic (exact) mass is 274 g/mol. The fourth-order valence-electron chi connectivity index (χ4n) is 3.00. The molecule has 3 rings (SSSR count). The molecule has 3 nitrogen and oxygen atoms in total. The Morgan fingerprint density at radius 2 is 2.26 bits per heavy atom. The summed E-state index contributed by atoms with van der Waals surface area (Å²) in [5.74, 6) is 0.743. The van der Waals surface area contributed by atoms with Crippen LogP contribution in [0.25, 0.3) is 0 Å². The third kappa shape index (κ3) is 2.19. The molecule has 0 aliphatic heterocycles. The first-order chi connectivity index (χ1) is 9.37. The lowest BCUT2D eigenvalue weighted by atomic mass is 9.80. The number of H-pyrrole nitrogens is 1. The fourth-order valence-corrected chi connectivity index (χ4v) is 4.35. The minimum absolute atomic E-state index is 0.0753. The molecule has 0 fully saturated rings. The van der Waals surface area contributed by atoms with Crippen molar-refractivity contribution >= 4 is 11.8 Å². The molecule has 2 N–H and O–H groups in total. The van der Waals surface area contributed by atoms with E-state index in [1.54, 1.807) is 6.33 Å². The number of hydrogen-bond acceptors (Lipinski definition) is 3. The smallest absolute Gasteiger partial charge is 0.0922 e. The van der Waals surface area contributed by atoms with Crippen molar-refractivity contribution in [2.24, 2.45) is 0 Å². The van der Waals surface area contributed by atoms with E-state index in [4.69, 9.17) is 0 Å². The molecular formula is C15H18N2OS. The van der Waals surface area contributed by atoms with Gasteiger partial charge in [-0.15, -0.1) is 11.8 Å². The molecule has 1 aromatic heterocycles. The number of aryl methyl sites for hydroxylation is 1. The van der Waals surface area contributed by atoms with Crippen LogP contribution in [0.5, 0.6) is 0 Å². The normalized spacial score (nSPS) is 22.2. The summed E-state index contributed by atoms with van der Waals surface area (Å²) in [4.78, 5) is 7.48. The van der Waals surface area contributed by atoms with Crippen LogP contribution in [0.4, 0.5) is 0 Å². The summed E-state index contributed by atoms with van der Waals surface area (Å²) in [5, 5.41) is 9.21. The molecule has 0 saturated heterocycles. The molecule has 1 aliphatic carbocycles. The summed E-state index contributed by atoms with van der Waals surface area (Å²) >= 11 is 1.82. The van der Waals surface area contributed by atoms with Crippen LogP contribution in [0.1, 0.15) is 29.7 Å². The predicted octanol–water partition coefficient (Wildman–Crippen LogP) is 2.72. The van der Waals surface area contributed by atoms with Gasteiger partial charge in [-0.05, 0) is 30.4 Å². The van der Waals surface area contributed by atoms with Gasteiger partial charge >= 0.3 is 0 Å². The van der Waals surface area contributed by atoms with Crippen LogP contribution in [0.2, 0.25) is 0 Å². The van der Waals surface area contributed by atoms with E-state index >= 15 is 0 Å². The van der Waals surface area contributed by atoms with Gasteiger partial charge in [0.2, 0.25) is 0 Å². The number of benzene rings is 1. The Morgan fingerprint density at radius 3 is 3.05 bits per heavy atom. The highest BCUT2D eigenvalue weighted by atomic mass is 32.2. The number of nitrogens with one attached hydrogen (secondary N) is 1. The molecule has 1 unspecified atom stereocenters. The van der Waals surface area contributed by atoms with Gasteiger partial charge in [-0.3, -0.25) is 0 Å². The molecule has 0 bridgehead atoms. The van der Waals surface area contributed by atoms with Crippen LogP contribution in [0.3, 0.4) is 0 Å². The molecule has 100 valence electrons. The zero-order valence-corrected chi connectivity index (χ0v) is 11.6. The Morgan fingerprint density at radius 1 is 1.37 bits per heavy atom. The van der Waals surface area contributed by atoms with E-state index in [1.165, 1.54) is 17.5 Å². The summed E-state index contributed by atoms with van der Waals surface area (Å²) < 4.78 is -0.0753. The van der Waals surface area contributed by atoms with E-state index in [9.17, 15) is 5.11 Å². The van der Waals surface area contributed by atoms with Crippen LogP contribution >= 0.6 is 11.8 Å². The average Bonchev–Trinajstić information content (AvgIpc) is 3.00. The second kappa shape index (κ2) is 5.39. The highest BCUT2D eigenvalue weighted by molar-refractivity contribution is 8.00. The molecule has 1 aliphatic rings. The second-order valence-corrected chi connectivity index (χ2v) is 6.27. The van der Waals surface area contributed by atoms with E-state index in [0.717, 1.165) is 24.3 Å². The number of imidazole rings is 1. The van der Waals surface area contributed by atoms with Crippen molar-refractivity contribution in [1.82, 2.24) is 9.97 Å². The molecule has 19 heavy (non-hydrogen) atoms. The SMILES string of the molecule is OCCSC1(c2cnc[nH]2)CCCc2ccccc21. The van der Waals surface area contributed by atoms with Crippen LogP contribution in [-0.2, 0) is 11.2 Å². The molecule has 1 atom stereocenters. The lowest BCUT2D eigenvalue weighted by Gasteiger charge is -2.38. The van der Waals surface area contributed by atoms with Crippen molar-refractivity contribution in [3.63, 3.8) is 0 Å². The number of hydrogen-bond donors (Lipinski definition) is 2. The van der Waals surface area contributed by atoms with Gasteiger partial charge in [-0.2, -0.15) is 0 Å². The minimum atomic E-state index is -0.0753.